The third-order valence-electron chi connectivity index (χ3n) is 3.59. The van der Waals surface area contributed by atoms with Crippen LogP contribution in [0.2, 0.25) is 0 Å². The molecule has 1 aromatic rings. The van der Waals surface area contributed by atoms with E-state index in [2.05, 4.69) is 51.5 Å². The van der Waals surface area contributed by atoms with Crippen molar-refractivity contribution >= 4 is 11.7 Å². The molecule has 1 N–H and O–H groups in total. The summed E-state index contributed by atoms with van der Waals surface area (Å²) in [6.45, 7) is 3.99. The molecule has 4 heteroatoms. The fourth-order valence-corrected chi connectivity index (χ4v) is 2.53. The Kier molecular flexibility index (Phi) is 3.49. The average Bonchev–Trinajstić information content (AvgIpc) is 2.49. The van der Waals surface area contributed by atoms with E-state index in [-0.39, 0.29) is 0 Å². The minimum Gasteiger partial charge on any atom is -0.370 e. The molecule has 100 valence electrons. The Hall–Kier alpha value is -1.84. The number of hydrogen-bond acceptors (Lipinski definition) is 4. The first-order chi connectivity index (χ1) is 9.34. The van der Waals surface area contributed by atoms with Crippen LogP contribution in [0.1, 0.15) is 24.0 Å². The fourth-order valence-electron chi connectivity index (χ4n) is 2.53. The Morgan fingerprint density at radius 3 is 2.42 bits per heavy atom. The molecule has 0 saturated heterocycles. The molecule has 4 nitrogen and oxygen atoms in total. The van der Waals surface area contributed by atoms with Crippen molar-refractivity contribution in [2.75, 3.05) is 33.2 Å². The smallest absolute Gasteiger partial charge is 0.130 e. The molecule has 0 aliphatic carbocycles. The maximum atomic E-state index is 4.62. The van der Waals surface area contributed by atoms with Gasteiger partial charge in [0.05, 0.1) is 0 Å². The van der Waals surface area contributed by atoms with Gasteiger partial charge in [0, 0.05) is 44.4 Å². The van der Waals surface area contributed by atoms with Gasteiger partial charge in [0.15, 0.2) is 0 Å². The highest BCUT2D eigenvalue weighted by molar-refractivity contribution is 6.02. The Morgan fingerprint density at radius 2 is 1.74 bits per heavy atom. The highest BCUT2D eigenvalue weighted by atomic mass is 15.2. The van der Waals surface area contributed by atoms with Crippen LogP contribution in [0, 0.1) is 0 Å². The number of rotatable bonds is 2. The Labute approximate surface area is 114 Å². The van der Waals surface area contributed by atoms with Gasteiger partial charge in [0.2, 0.25) is 0 Å². The van der Waals surface area contributed by atoms with Gasteiger partial charge in [0.25, 0.3) is 0 Å². The van der Waals surface area contributed by atoms with Gasteiger partial charge in [-0.25, -0.2) is 0 Å². The zero-order chi connectivity index (χ0) is 13.1. The molecule has 19 heavy (non-hydrogen) atoms. The van der Waals surface area contributed by atoms with Crippen LogP contribution in [0.3, 0.4) is 0 Å². The van der Waals surface area contributed by atoms with E-state index in [0.717, 1.165) is 50.7 Å². The molecule has 0 bridgehead atoms. The number of hydrogen-bond donors (Lipinski definition) is 1. The molecule has 0 radical (unpaired) electrons. The van der Waals surface area contributed by atoms with Crippen molar-refractivity contribution in [1.82, 2.24) is 10.2 Å². The molecular weight excluding hydrogens is 236 g/mol. The predicted molar refractivity (Wildman–Crippen MR) is 79.1 cm³/mol. The van der Waals surface area contributed by atoms with Crippen molar-refractivity contribution in [2.24, 2.45) is 9.98 Å². The number of nitrogens with zero attached hydrogens (tertiary/aromatic N) is 3. The van der Waals surface area contributed by atoms with Crippen LogP contribution in [0.5, 0.6) is 0 Å². The lowest BCUT2D eigenvalue weighted by atomic mass is 10.1. The minimum atomic E-state index is 0.930. The summed E-state index contributed by atoms with van der Waals surface area (Å²) in [5, 5.41) is 3.35. The summed E-state index contributed by atoms with van der Waals surface area (Å²) in [6.07, 6.45) is 2.28. The maximum Gasteiger partial charge on any atom is 0.130 e. The van der Waals surface area contributed by atoms with Gasteiger partial charge < -0.3 is 10.2 Å². The topological polar surface area (TPSA) is 40.0 Å². The van der Waals surface area contributed by atoms with Crippen LogP contribution in [-0.4, -0.2) is 49.8 Å². The lowest BCUT2D eigenvalue weighted by Gasteiger charge is -2.25. The molecule has 2 heterocycles. The largest absolute Gasteiger partial charge is 0.370 e. The highest BCUT2D eigenvalue weighted by Crippen LogP contribution is 2.12. The van der Waals surface area contributed by atoms with Crippen molar-refractivity contribution < 1.29 is 0 Å². The third kappa shape index (κ3) is 2.62. The quantitative estimate of drug-likeness (QED) is 0.871. The molecule has 0 aromatic heterocycles. The second kappa shape index (κ2) is 5.43. The second-order valence-electron chi connectivity index (χ2n) is 5.07. The molecule has 2 aliphatic heterocycles. The summed E-state index contributed by atoms with van der Waals surface area (Å²) in [5.41, 5.74) is 2.37. The highest BCUT2D eigenvalue weighted by Gasteiger charge is 2.13. The SMILES string of the molecule is CN1CCCN=C1c1ccc(C2=NCCCN2)cc1. The Balaban J connectivity index is 1.82. The van der Waals surface area contributed by atoms with E-state index in [1.54, 1.807) is 0 Å². The molecule has 3 rings (SSSR count). The van der Waals surface area contributed by atoms with Crippen LogP contribution in [-0.2, 0) is 0 Å². The first kappa shape index (κ1) is 12.2. The zero-order valence-electron chi connectivity index (χ0n) is 11.4. The van der Waals surface area contributed by atoms with Gasteiger partial charge in [-0.3, -0.25) is 9.98 Å². The van der Waals surface area contributed by atoms with E-state index in [1.807, 2.05) is 0 Å². The number of amidine groups is 2. The molecule has 0 spiro atoms. The molecule has 0 fully saturated rings. The van der Waals surface area contributed by atoms with Gasteiger partial charge in [-0.15, -0.1) is 0 Å². The standard InChI is InChI=1S/C15H20N4/c1-19-11-3-10-18-15(19)13-6-4-12(5-7-13)14-16-8-2-9-17-14/h4-7H,2-3,8-11H2,1H3,(H,16,17). The third-order valence-corrected chi connectivity index (χ3v) is 3.59. The van der Waals surface area contributed by atoms with Gasteiger partial charge in [-0.2, -0.15) is 0 Å². The van der Waals surface area contributed by atoms with E-state index >= 15 is 0 Å². The Bertz CT molecular complexity index is 501. The van der Waals surface area contributed by atoms with E-state index in [1.165, 1.54) is 11.1 Å². The van der Waals surface area contributed by atoms with Crippen LogP contribution < -0.4 is 5.32 Å². The van der Waals surface area contributed by atoms with Gasteiger partial charge in [-0.05, 0) is 12.8 Å². The number of nitrogens with one attached hydrogen (secondary N) is 1. The van der Waals surface area contributed by atoms with Gasteiger partial charge in [-0.1, -0.05) is 24.3 Å². The number of benzene rings is 1. The van der Waals surface area contributed by atoms with Crippen LogP contribution in [0.15, 0.2) is 34.3 Å². The molecule has 2 aliphatic rings. The fraction of sp³-hybridized carbons (Fsp3) is 0.467. The van der Waals surface area contributed by atoms with E-state index in [4.69, 9.17) is 0 Å². The molecule has 0 atom stereocenters. The van der Waals surface area contributed by atoms with Crippen molar-refractivity contribution in [1.29, 1.82) is 0 Å². The molecule has 1 aromatic carbocycles. The molecule has 0 saturated carbocycles. The van der Waals surface area contributed by atoms with Crippen LogP contribution in [0.25, 0.3) is 0 Å². The predicted octanol–water partition coefficient (Wildman–Crippen LogP) is 1.51. The minimum absolute atomic E-state index is 0.930. The first-order valence-electron chi connectivity index (χ1n) is 6.99. The lowest BCUT2D eigenvalue weighted by Crippen LogP contribution is -2.33. The summed E-state index contributed by atoms with van der Waals surface area (Å²) < 4.78 is 0. The average molecular weight is 256 g/mol. The summed E-state index contributed by atoms with van der Waals surface area (Å²) in [4.78, 5) is 11.4. The summed E-state index contributed by atoms with van der Waals surface area (Å²) in [5.74, 6) is 2.13. The van der Waals surface area contributed by atoms with E-state index < -0.39 is 0 Å². The summed E-state index contributed by atoms with van der Waals surface area (Å²) >= 11 is 0. The monoisotopic (exact) mass is 256 g/mol. The van der Waals surface area contributed by atoms with Crippen LogP contribution >= 0.6 is 0 Å². The molecular formula is C15H20N4. The molecule has 0 amide bonds. The van der Waals surface area contributed by atoms with Crippen molar-refractivity contribution in [3.8, 4) is 0 Å². The van der Waals surface area contributed by atoms with Gasteiger partial charge >= 0.3 is 0 Å². The normalized spacial score (nSPS) is 19.5. The second-order valence-corrected chi connectivity index (χ2v) is 5.07. The maximum absolute atomic E-state index is 4.62. The molecule has 0 unspecified atom stereocenters. The lowest BCUT2D eigenvalue weighted by molar-refractivity contribution is 0.468. The zero-order valence-corrected chi connectivity index (χ0v) is 11.4. The number of aliphatic imine (C=N–C) groups is 2. The Morgan fingerprint density at radius 1 is 1.00 bits per heavy atom. The van der Waals surface area contributed by atoms with E-state index in [0.29, 0.717) is 0 Å². The van der Waals surface area contributed by atoms with Gasteiger partial charge in [0.1, 0.15) is 11.7 Å². The first-order valence-corrected chi connectivity index (χ1v) is 6.99. The van der Waals surface area contributed by atoms with Crippen molar-refractivity contribution in [3.05, 3.63) is 35.4 Å². The van der Waals surface area contributed by atoms with Crippen LogP contribution in [0.4, 0.5) is 0 Å². The van der Waals surface area contributed by atoms with Crippen molar-refractivity contribution in [2.45, 2.75) is 12.8 Å². The summed E-state index contributed by atoms with van der Waals surface area (Å²) in [6, 6.07) is 8.57. The summed E-state index contributed by atoms with van der Waals surface area (Å²) in [7, 11) is 2.11. The van der Waals surface area contributed by atoms with Crippen molar-refractivity contribution in [3.63, 3.8) is 0 Å². The van der Waals surface area contributed by atoms with E-state index in [9.17, 15) is 0 Å².